The van der Waals surface area contributed by atoms with Gasteiger partial charge in [-0.2, -0.15) is 0 Å². The van der Waals surface area contributed by atoms with Crippen molar-refractivity contribution in [3.05, 3.63) is 59.7 Å². The van der Waals surface area contributed by atoms with Crippen LogP contribution < -0.4 is 10.1 Å². The molecule has 5 heteroatoms. The summed E-state index contributed by atoms with van der Waals surface area (Å²) in [5, 5.41) is 2.73. The van der Waals surface area contributed by atoms with Crippen LogP contribution in [-0.2, 0) is 15.6 Å². The zero-order valence-corrected chi connectivity index (χ0v) is 14.2. The first-order valence-electron chi connectivity index (χ1n) is 7.46. The first kappa shape index (κ1) is 17.2. The van der Waals surface area contributed by atoms with Crippen LogP contribution in [0.4, 0.5) is 0 Å². The molecule has 0 saturated carbocycles. The summed E-state index contributed by atoms with van der Waals surface area (Å²) in [6, 6.07) is 15.1. The maximum Gasteiger partial charge on any atom is 0.257 e. The summed E-state index contributed by atoms with van der Waals surface area (Å²) in [6.45, 7) is 4.24. The third kappa shape index (κ3) is 5.53. The number of carbonyl (C=O) groups excluding carboxylic acids is 1. The van der Waals surface area contributed by atoms with Crippen molar-refractivity contribution in [1.82, 2.24) is 5.32 Å². The molecule has 0 saturated heterocycles. The molecule has 0 spiro atoms. The van der Waals surface area contributed by atoms with Crippen LogP contribution in [-0.4, -0.2) is 29.0 Å². The van der Waals surface area contributed by atoms with Crippen LogP contribution in [0.2, 0.25) is 0 Å². The molecule has 0 radical (unpaired) electrons. The van der Waals surface area contributed by atoms with E-state index in [-0.39, 0.29) is 12.5 Å². The number of aryl methyl sites for hydroxylation is 2. The molecular weight excluding hydrogens is 310 g/mol. The van der Waals surface area contributed by atoms with Crippen LogP contribution in [0.1, 0.15) is 11.1 Å². The third-order valence-corrected chi connectivity index (χ3v) is 4.69. The number of rotatable bonds is 7. The highest BCUT2D eigenvalue weighted by molar-refractivity contribution is 7.85. The van der Waals surface area contributed by atoms with Gasteiger partial charge in [-0.05, 0) is 43.2 Å². The number of hydrogen-bond donors (Lipinski definition) is 1. The first-order chi connectivity index (χ1) is 11.1. The minimum Gasteiger partial charge on any atom is -0.483 e. The quantitative estimate of drug-likeness (QED) is 0.848. The lowest BCUT2D eigenvalue weighted by atomic mass is 10.1. The van der Waals surface area contributed by atoms with E-state index in [1.165, 1.54) is 0 Å². The van der Waals surface area contributed by atoms with Crippen LogP contribution >= 0.6 is 0 Å². The normalized spacial score (nSPS) is 11.7. The topological polar surface area (TPSA) is 55.4 Å². The van der Waals surface area contributed by atoms with Crippen molar-refractivity contribution in [1.29, 1.82) is 0 Å². The van der Waals surface area contributed by atoms with E-state index in [1.54, 1.807) is 0 Å². The van der Waals surface area contributed by atoms with Crippen molar-refractivity contribution in [3.63, 3.8) is 0 Å². The van der Waals surface area contributed by atoms with Gasteiger partial charge in [0.25, 0.3) is 5.91 Å². The maximum atomic E-state index is 12.0. The average molecular weight is 331 g/mol. The van der Waals surface area contributed by atoms with Gasteiger partial charge in [0.2, 0.25) is 0 Å². The minimum atomic E-state index is -1.10. The van der Waals surface area contributed by atoms with E-state index in [4.69, 9.17) is 4.74 Å². The fourth-order valence-electron chi connectivity index (χ4n) is 2.03. The first-order valence-corrected chi connectivity index (χ1v) is 8.78. The van der Waals surface area contributed by atoms with Gasteiger partial charge in [0.1, 0.15) is 5.75 Å². The Hall–Kier alpha value is -2.14. The minimum absolute atomic E-state index is 0.0394. The van der Waals surface area contributed by atoms with Gasteiger partial charge in [0.05, 0.1) is 10.8 Å². The van der Waals surface area contributed by atoms with Crippen LogP contribution in [0, 0.1) is 13.8 Å². The molecule has 23 heavy (non-hydrogen) atoms. The fourth-order valence-corrected chi connectivity index (χ4v) is 3.01. The van der Waals surface area contributed by atoms with E-state index >= 15 is 0 Å². The van der Waals surface area contributed by atoms with Crippen molar-refractivity contribution in [3.8, 4) is 5.75 Å². The van der Waals surface area contributed by atoms with E-state index in [0.717, 1.165) is 16.0 Å². The number of benzene rings is 2. The van der Waals surface area contributed by atoms with Gasteiger partial charge in [0.15, 0.2) is 6.61 Å². The zero-order chi connectivity index (χ0) is 16.7. The summed E-state index contributed by atoms with van der Waals surface area (Å²) >= 11 is 0. The number of hydrogen-bond acceptors (Lipinski definition) is 3. The molecule has 0 heterocycles. The number of nitrogens with one attached hydrogen (secondary N) is 1. The van der Waals surface area contributed by atoms with Crippen LogP contribution in [0.15, 0.2) is 53.4 Å². The molecule has 1 atom stereocenters. The van der Waals surface area contributed by atoms with Gasteiger partial charge in [0, 0.05) is 17.2 Å². The van der Waals surface area contributed by atoms with Crippen LogP contribution in [0.3, 0.4) is 0 Å². The lowest BCUT2D eigenvalue weighted by molar-refractivity contribution is -0.122. The Morgan fingerprint density at radius 2 is 1.87 bits per heavy atom. The standard InChI is InChI=1S/C18H21NO3S/c1-14-8-9-15(2)17(12-14)22-13-18(20)19-10-11-23(21)16-6-4-3-5-7-16/h3-9,12H,10-11,13H2,1-2H3,(H,19,20). The lowest BCUT2D eigenvalue weighted by Gasteiger charge is -2.10. The Morgan fingerprint density at radius 3 is 2.61 bits per heavy atom. The maximum absolute atomic E-state index is 12.0. The smallest absolute Gasteiger partial charge is 0.257 e. The van der Waals surface area contributed by atoms with Crippen molar-refractivity contribution < 1.29 is 13.7 Å². The molecule has 0 bridgehead atoms. The van der Waals surface area contributed by atoms with Crippen molar-refractivity contribution in [2.45, 2.75) is 18.7 Å². The van der Waals surface area contributed by atoms with Crippen LogP contribution in [0.5, 0.6) is 5.75 Å². The number of ether oxygens (including phenoxy) is 1. The fraction of sp³-hybridized carbons (Fsp3) is 0.278. The van der Waals surface area contributed by atoms with Crippen LogP contribution in [0.25, 0.3) is 0 Å². The summed E-state index contributed by atoms with van der Waals surface area (Å²) < 4.78 is 17.5. The Labute approximate surface area is 139 Å². The summed E-state index contributed by atoms with van der Waals surface area (Å²) in [4.78, 5) is 12.6. The van der Waals surface area contributed by atoms with Gasteiger partial charge in [-0.15, -0.1) is 0 Å². The highest BCUT2D eigenvalue weighted by Crippen LogP contribution is 2.18. The van der Waals surface area contributed by atoms with E-state index in [1.807, 2.05) is 62.4 Å². The summed E-state index contributed by atoms with van der Waals surface area (Å²) in [5.74, 6) is 0.892. The van der Waals surface area contributed by atoms with Crippen molar-refractivity contribution in [2.24, 2.45) is 0 Å². The monoisotopic (exact) mass is 331 g/mol. The van der Waals surface area contributed by atoms with Crippen molar-refractivity contribution in [2.75, 3.05) is 18.9 Å². The highest BCUT2D eigenvalue weighted by atomic mass is 32.2. The molecule has 0 aliphatic carbocycles. The molecule has 2 aromatic carbocycles. The van der Waals surface area contributed by atoms with Crippen molar-refractivity contribution >= 4 is 16.7 Å². The SMILES string of the molecule is Cc1ccc(C)c(OCC(=O)NCCS(=O)c2ccccc2)c1. The van der Waals surface area contributed by atoms with E-state index in [2.05, 4.69) is 5.32 Å². The molecule has 0 fully saturated rings. The average Bonchev–Trinajstić information content (AvgIpc) is 2.56. The van der Waals surface area contributed by atoms with E-state index < -0.39 is 10.8 Å². The lowest BCUT2D eigenvalue weighted by Crippen LogP contribution is -2.32. The molecule has 0 aliphatic rings. The molecule has 4 nitrogen and oxygen atoms in total. The van der Waals surface area contributed by atoms with Gasteiger partial charge >= 0.3 is 0 Å². The Morgan fingerprint density at radius 1 is 1.13 bits per heavy atom. The van der Waals surface area contributed by atoms with Gasteiger partial charge in [-0.25, -0.2) is 0 Å². The van der Waals surface area contributed by atoms with Gasteiger partial charge in [-0.1, -0.05) is 30.3 Å². The Balaban J connectivity index is 1.73. The van der Waals surface area contributed by atoms with Gasteiger partial charge in [-0.3, -0.25) is 9.00 Å². The highest BCUT2D eigenvalue weighted by Gasteiger charge is 2.07. The third-order valence-electron chi connectivity index (χ3n) is 3.32. The summed E-state index contributed by atoms with van der Waals surface area (Å²) in [5.41, 5.74) is 2.08. The second-order valence-corrected chi connectivity index (χ2v) is 6.84. The molecular formula is C18H21NO3S. The molecule has 0 aliphatic heterocycles. The molecule has 2 rings (SSSR count). The molecule has 0 aromatic heterocycles. The van der Waals surface area contributed by atoms with E-state index in [9.17, 15) is 9.00 Å². The Bertz CT molecular complexity index is 686. The largest absolute Gasteiger partial charge is 0.483 e. The predicted octanol–water partition coefficient (Wildman–Crippen LogP) is 2.61. The second-order valence-electron chi connectivity index (χ2n) is 5.27. The number of carbonyl (C=O) groups is 1. The molecule has 2 aromatic rings. The number of amides is 1. The molecule has 1 amide bonds. The summed E-state index contributed by atoms with van der Waals surface area (Å²) in [7, 11) is -1.10. The predicted molar refractivity (Wildman–Crippen MR) is 92.1 cm³/mol. The second kappa shape index (κ2) is 8.48. The van der Waals surface area contributed by atoms with E-state index in [0.29, 0.717) is 18.0 Å². The summed E-state index contributed by atoms with van der Waals surface area (Å²) in [6.07, 6.45) is 0. The molecule has 1 unspecified atom stereocenters. The molecule has 1 N–H and O–H groups in total. The Kier molecular flexibility index (Phi) is 6.35. The molecule has 122 valence electrons. The zero-order valence-electron chi connectivity index (χ0n) is 13.4. The van der Waals surface area contributed by atoms with Gasteiger partial charge < -0.3 is 10.1 Å².